The van der Waals surface area contributed by atoms with Crippen molar-refractivity contribution in [1.82, 2.24) is 9.88 Å². The van der Waals surface area contributed by atoms with E-state index in [9.17, 15) is 4.79 Å². The summed E-state index contributed by atoms with van der Waals surface area (Å²) >= 11 is 0. The number of carbonyl (C=O) groups is 1. The minimum absolute atomic E-state index is 0.0442. The zero-order chi connectivity index (χ0) is 20.6. The van der Waals surface area contributed by atoms with Crippen molar-refractivity contribution >= 4 is 5.97 Å². The van der Waals surface area contributed by atoms with Gasteiger partial charge >= 0.3 is 5.97 Å². The number of allylic oxidation sites excluding steroid dienone is 1. The van der Waals surface area contributed by atoms with Crippen LogP contribution in [0.25, 0.3) is 0 Å². The Kier molecular flexibility index (Phi) is 5.17. The first-order valence-corrected chi connectivity index (χ1v) is 10.1. The average Bonchev–Trinajstić information content (AvgIpc) is 3.05. The van der Waals surface area contributed by atoms with Gasteiger partial charge in [-0.3, -0.25) is 4.90 Å². The first-order valence-electron chi connectivity index (χ1n) is 10.1. The molecule has 0 bridgehead atoms. The molecule has 29 heavy (non-hydrogen) atoms. The van der Waals surface area contributed by atoms with Gasteiger partial charge in [0.15, 0.2) is 5.69 Å². The summed E-state index contributed by atoms with van der Waals surface area (Å²) in [6, 6.07) is 10.4. The third-order valence-electron chi connectivity index (χ3n) is 6.51. The van der Waals surface area contributed by atoms with E-state index in [4.69, 9.17) is 9.47 Å². The Balaban J connectivity index is 1.62. The molecule has 1 aliphatic carbocycles. The number of benzene rings is 1. The lowest BCUT2D eigenvalue weighted by Gasteiger charge is -2.40. The molecule has 1 aliphatic heterocycles. The zero-order valence-electron chi connectivity index (χ0n) is 17.6. The Labute approximate surface area is 172 Å². The molecule has 0 radical (unpaired) electrons. The third kappa shape index (κ3) is 3.44. The average molecular weight is 392 g/mol. The first kappa shape index (κ1) is 19.6. The maximum atomic E-state index is 12.6. The Hall–Kier alpha value is -2.66. The fourth-order valence-corrected chi connectivity index (χ4v) is 4.85. The third-order valence-corrected chi connectivity index (χ3v) is 6.51. The van der Waals surface area contributed by atoms with Gasteiger partial charge in [0.25, 0.3) is 0 Å². The van der Waals surface area contributed by atoms with Crippen molar-refractivity contribution in [2.75, 3.05) is 20.7 Å². The molecule has 1 saturated heterocycles. The van der Waals surface area contributed by atoms with Crippen LogP contribution >= 0.6 is 0 Å². The molecule has 1 aromatic carbocycles. The molecule has 5 heteroatoms. The maximum Gasteiger partial charge on any atom is 0.362 e. The highest BCUT2D eigenvalue weighted by molar-refractivity contribution is 5.89. The summed E-state index contributed by atoms with van der Waals surface area (Å²) in [7, 11) is 3.85. The summed E-state index contributed by atoms with van der Waals surface area (Å²) in [6.45, 7) is 4.99. The van der Waals surface area contributed by atoms with Gasteiger partial charge in [-0.05, 0) is 75.2 Å². The van der Waals surface area contributed by atoms with Gasteiger partial charge in [0.2, 0.25) is 0 Å². The molecule has 1 aromatic heterocycles. The number of methoxy groups -OCH3 is 1. The quantitative estimate of drug-likeness (QED) is 0.731. The van der Waals surface area contributed by atoms with Crippen LogP contribution in [-0.4, -0.2) is 42.6 Å². The van der Waals surface area contributed by atoms with E-state index in [0.717, 1.165) is 48.4 Å². The van der Waals surface area contributed by atoms with Crippen molar-refractivity contribution in [2.45, 2.75) is 44.6 Å². The van der Waals surface area contributed by atoms with E-state index in [0.29, 0.717) is 5.69 Å². The van der Waals surface area contributed by atoms with Crippen LogP contribution in [0.5, 0.6) is 5.75 Å². The van der Waals surface area contributed by atoms with Gasteiger partial charge in [-0.2, -0.15) is 0 Å². The predicted molar refractivity (Wildman–Crippen MR) is 112 cm³/mol. The molecule has 0 N–H and O–H groups in total. The highest BCUT2D eigenvalue weighted by Crippen LogP contribution is 2.48. The lowest BCUT2D eigenvalue weighted by atomic mass is 9.68. The molecule has 5 nitrogen and oxygen atoms in total. The molecular formula is C24H28N2O3. The number of likely N-dealkylation sites (tertiary alicyclic amines) is 1. The summed E-state index contributed by atoms with van der Waals surface area (Å²) in [6.07, 6.45) is 6.56. The number of aromatic nitrogens is 1. The number of fused-ring (bicyclic) bond motifs is 1. The number of hydrogen-bond acceptors (Lipinski definition) is 5. The molecule has 152 valence electrons. The van der Waals surface area contributed by atoms with E-state index in [1.165, 1.54) is 5.56 Å². The number of carbonyl (C=O) groups excluding carboxylic acids is 1. The fourth-order valence-electron chi connectivity index (χ4n) is 4.85. The number of hydrogen-bond donors (Lipinski definition) is 0. The second-order valence-electron chi connectivity index (χ2n) is 8.21. The smallest absolute Gasteiger partial charge is 0.362 e. The van der Waals surface area contributed by atoms with Gasteiger partial charge < -0.3 is 9.47 Å². The summed E-state index contributed by atoms with van der Waals surface area (Å²) in [5.74, 6) is 1.29. The highest BCUT2D eigenvalue weighted by Gasteiger charge is 2.48. The largest absolute Gasteiger partial charge is 0.496 e. The lowest BCUT2D eigenvalue weighted by molar-refractivity contribution is 0.0586. The Bertz CT molecular complexity index is 968. The minimum atomic E-state index is -0.372. The van der Waals surface area contributed by atoms with E-state index >= 15 is 0 Å². The summed E-state index contributed by atoms with van der Waals surface area (Å²) in [5, 5.41) is 0. The highest BCUT2D eigenvalue weighted by atomic mass is 16.5. The molecule has 2 aliphatic rings. The van der Waals surface area contributed by atoms with E-state index in [1.54, 1.807) is 13.3 Å². The molecule has 2 atom stereocenters. The molecule has 4 rings (SSSR count). The topological polar surface area (TPSA) is 51.7 Å². The van der Waals surface area contributed by atoms with E-state index in [2.05, 4.69) is 48.1 Å². The normalized spacial score (nSPS) is 24.0. The van der Waals surface area contributed by atoms with Crippen LogP contribution in [-0.2, 0) is 10.2 Å². The number of nitrogens with zero attached hydrogens (tertiary/aromatic N) is 2. The molecular weight excluding hydrogens is 364 g/mol. The van der Waals surface area contributed by atoms with Crippen LogP contribution in [0, 0.1) is 13.8 Å². The van der Waals surface area contributed by atoms with Crippen molar-refractivity contribution in [3.05, 3.63) is 70.7 Å². The molecule has 1 fully saturated rings. The molecule has 2 aromatic rings. The van der Waals surface area contributed by atoms with Gasteiger partial charge in [-0.15, -0.1) is 0 Å². The number of rotatable bonds is 4. The van der Waals surface area contributed by atoms with Gasteiger partial charge in [-0.25, -0.2) is 9.78 Å². The van der Waals surface area contributed by atoms with E-state index in [1.807, 2.05) is 19.1 Å². The van der Waals surface area contributed by atoms with E-state index < -0.39 is 0 Å². The van der Waals surface area contributed by atoms with Gasteiger partial charge in [0, 0.05) is 24.1 Å². The Morgan fingerprint density at radius 1 is 1.21 bits per heavy atom. The fraction of sp³-hybridized carbons (Fsp3) is 0.417. The van der Waals surface area contributed by atoms with Gasteiger partial charge in [-0.1, -0.05) is 18.2 Å². The Morgan fingerprint density at radius 2 is 2.03 bits per heavy atom. The molecule has 2 unspecified atom stereocenters. The first-order chi connectivity index (χ1) is 13.9. The molecule has 2 heterocycles. The van der Waals surface area contributed by atoms with Crippen molar-refractivity contribution in [1.29, 1.82) is 0 Å². The van der Waals surface area contributed by atoms with Crippen LogP contribution < -0.4 is 4.74 Å². The molecule has 0 amide bonds. The molecule has 0 spiro atoms. The standard InChI is InChI=1S/C24H28N2O3/c1-16-6-5-12-25-22(16)23(27)29-19-9-10-24(11-13-26(3)21(24)15-19)18-7-8-20(28-4)17(2)14-18/h5-8,12,14-15,21H,9-11,13H2,1-4H3. The predicted octanol–water partition coefficient (Wildman–Crippen LogP) is 4.18. The van der Waals surface area contributed by atoms with Crippen LogP contribution in [0.3, 0.4) is 0 Å². The van der Waals surface area contributed by atoms with Crippen molar-refractivity contribution < 1.29 is 14.3 Å². The van der Waals surface area contributed by atoms with Crippen LogP contribution in [0.2, 0.25) is 0 Å². The van der Waals surface area contributed by atoms with Gasteiger partial charge in [0.05, 0.1) is 7.11 Å². The number of esters is 1. The number of ether oxygens (including phenoxy) is 2. The van der Waals surface area contributed by atoms with Crippen molar-refractivity contribution in [2.24, 2.45) is 0 Å². The number of likely N-dealkylation sites (N-methyl/N-ethyl adjacent to an activating group) is 1. The second kappa shape index (κ2) is 7.64. The van der Waals surface area contributed by atoms with E-state index in [-0.39, 0.29) is 17.4 Å². The number of aryl methyl sites for hydroxylation is 2. The zero-order valence-corrected chi connectivity index (χ0v) is 17.6. The summed E-state index contributed by atoms with van der Waals surface area (Å²) in [5.41, 5.74) is 3.75. The lowest BCUT2D eigenvalue weighted by Crippen LogP contribution is -2.42. The van der Waals surface area contributed by atoms with Crippen molar-refractivity contribution in [3.8, 4) is 5.75 Å². The van der Waals surface area contributed by atoms with Crippen LogP contribution in [0.4, 0.5) is 0 Å². The summed E-state index contributed by atoms with van der Waals surface area (Å²) in [4.78, 5) is 19.2. The van der Waals surface area contributed by atoms with Crippen LogP contribution in [0.1, 0.15) is 46.4 Å². The van der Waals surface area contributed by atoms with Gasteiger partial charge in [0.1, 0.15) is 11.5 Å². The summed E-state index contributed by atoms with van der Waals surface area (Å²) < 4.78 is 11.2. The molecule has 0 saturated carbocycles. The maximum absolute atomic E-state index is 12.6. The minimum Gasteiger partial charge on any atom is -0.496 e. The second-order valence-corrected chi connectivity index (χ2v) is 8.21. The Morgan fingerprint density at radius 3 is 2.76 bits per heavy atom. The monoisotopic (exact) mass is 392 g/mol. The van der Waals surface area contributed by atoms with Crippen molar-refractivity contribution in [3.63, 3.8) is 0 Å². The van der Waals surface area contributed by atoms with Crippen LogP contribution in [0.15, 0.2) is 48.4 Å². The SMILES string of the molecule is COc1ccc(C23CCC(OC(=O)c4ncccc4C)=CC2N(C)CC3)cc1C. The number of pyridine rings is 1.